The molecule has 112 valence electrons. The summed E-state index contributed by atoms with van der Waals surface area (Å²) in [6.45, 7) is 1.63. The van der Waals surface area contributed by atoms with Crippen LogP contribution in [0.15, 0.2) is 48.7 Å². The minimum absolute atomic E-state index is 0.275. The molecule has 0 aliphatic carbocycles. The molecule has 1 amide bonds. The predicted molar refractivity (Wildman–Crippen MR) is 89.6 cm³/mol. The number of hydrogen-bond acceptors (Lipinski definition) is 2. The van der Waals surface area contributed by atoms with Crippen LogP contribution in [0.25, 0.3) is 16.9 Å². The molecule has 1 unspecified atom stereocenters. The Morgan fingerprint density at radius 1 is 1.23 bits per heavy atom. The maximum Gasteiger partial charge on any atom is 0.243 e. The lowest BCUT2D eigenvalue weighted by molar-refractivity contribution is -0.115. The van der Waals surface area contributed by atoms with Gasteiger partial charge in [0.2, 0.25) is 5.91 Å². The molecule has 1 N–H and O–H groups in total. The second-order valence-electron chi connectivity index (χ2n) is 4.85. The van der Waals surface area contributed by atoms with E-state index >= 15 is 0 Å². The topological polar surface area (TPSA) is 46.4 Å². The molecule has 0 saturated carbocycles. The maximum atomic E-state index is 12.0. The number of hydrogen-bond donors (Lipinski definition) is 1. The fourth-order valence-corrected chi connectivity index (χ4v) is 2.32. The largest absolute Gasteiger partial charge is 0.309 e. The first kappa shape index (κ1) is 14.9. The zero-order valence-corrected chi connectivity index (χ0v) is 13.3. The van der Waals surface area contributed by atoms with Crippen molar-refractivity contribution in [3.63, 3.8) is 0 Å². The fourth-order valence-electron chi connectivity index (χ4n) is 2.14. The Bertz CT molecular complexity index is 825. The van der Waals surface area contributed by atoms with E-state index < -0.39 is 5.38 Å². The van der Waals surface area contributed by atoms with Crippen LogP contribution in [-0.4, -0.2) is 20.7 Å². The highest BCUT2D eigenvalue weighted by Gasteiger charge is 2.18. The number of nitrogens with zero attached hydrogens (tertiary/aromatic N) is 2. The summed E-state index contributed by atoms with van der Waals surface area (Å²) in [6.07, 6.45) is 1.84. The van der Waals surface area contributed by atoms with Gasteiger partial charge in [0.15, 0.2) is 0 Å². The standard InChI is InChI=1S/C16H13Cl2N3O/c1-10(17)16(22)20-15-14(11-5-7-12(18)8-6-11)19-13-4-2-3-9-21(13)15/h2-10H,1H3,(H,20,22). The predicted octanol–water partition coefficient (Wildman–Crippen LogP) is 4.22. The molecule has 0 aliphatic rings. The highest BCUT2D eigenvalue weighted by atomic mass is 35.5. The molecule has 3 aromatic rings. The molecule has 2 heterocycles. The van der Waals surface area contributed by atoms with Gasteiger partial charge >= 0.3 is 0 Å². The summed E-state index contributed by atoms with van der Waals surface area (Å²) in [4.78, 5) is 16.6. The Morgan fingerprint density at radius 2 is 1.95 bits per heavy atom. The zero-order valence-electron chi connectivity index (χ0n) is 11.8. The summed E-state index contributed by atoms with van der Waals surface area (Å²) in [5, 5.41) is 2.86. The third-order valence-corrected chi connectivity index (χ3v) is 3.70. The number of alkyl halides is 1. The lowest BCUT2D eigenvalue weighted by Crippen LogP contribution is -2.21. The van der Waals surface area contributed by atoms with Gasteiger partial charge < -0.3 is 5.32 Å². The van der Waals surface area contributed by atoms with Gasteiger partial charge in [-0.3, -0.25) is 9.20 Å². The van der Waals surface area contributed by atoms with E-state index in [9.17, 15) is 4.79 Å². The lowest BCUT2D eigenvalue weighted by Gasteiger charge is -2.08. The number of carbonyl (C=O) groups excluding carboxylic acids is 1. The van der Waals surface area contributed by atoms with Gasteiger partial charge in [0, 0.05) is 16.8 Å². The van der Waals surface area contributed by atoms with E-state index in [1.165, 1.54) is 0 Å². The number of aromatic nitrogens is 2. The van der Waals surface area contributed by atoms with Crippen molar-refractivity contribution in [3.8, 4) is 11.3 Å². The van der Waals surface area contributed by atoms with Crippen LogP contribution in [0, 0.1) is 0 Å². The van der Waals surface area contributed by atoms with E-state index in [1.54, 1.807) is 19.1 Å². The molecule has 0 spiro atoms. The number of fused-ring (bicyclic) bond motifs is 1. The Hall–Kier alpha value is -2.04. The number of anilines is 1. The molecular formula is C16H13Cl2N3O. The number of nitrogens with one attached hydrogen (secondary N) is 1. The number of amides is 1. The van der Waals surface area contributed by atoms with Gasteiger partial charge in [-0.25, -0.2) is 4.98 Å². The van der Waals surface area contributed by atoms with Crippen LogP contribution in [0.1, 0.15) is 6.92 Å². The van der Waals surface area contributed by atoms with Crippen LogP contribution in [-0.2, 0) is 4.79 Å². The molecule has 2 aromatic heterocycles. The minimum atomic E-state index is -0.632. The average Bonchev–Trinajstić information content (AvgIpc) is 2.87. The van der Waals surface area contributed by atoms with E-state index in [0.717, 1.165) is 11.2 Å². The maximum absolute atomic E-state index is 12.0. The first-order valence-corrected chi connectivity index (χ1v) is 7.55. The molecule has 1 aromatic carbocycles. The van der Waals surface area contributed by atoms with Gasteiger partial charge in [0.05, 0.1) is 0 Å². The van der Waals surface area contributed by atoms with Crippen LogP contribution in [0.4, 0.5) is 5.82 Å². The van der Waals surface area contributed by atoms with Crippen LogP contribution in [0.3, 0.4) is 0 Å². The number of benzene rings is 1. The van der Waals surface area contributed by atoms with Crippen molar-refractivity contribution in [2.45, 2.75) is 12.3 Å². The van der Waals surface area contributed by atoms with Crippen molar-refractivity contribution < 1.29 is 4.79 Å². The van der Waals surface area contributed by atoms with E-state index in [-0.39, 0.29) is 5.91 Å². The molecular weight excluding hydrogens is 321 g/mol. The SMILES string of the molecule is CC(Cl)C(=O)Nc1c(-c2ccc(Cl)cc2)nc2ccccn12. The average molecular weight is 334 g/mol. The van der Waals surface area contributed by atoms with Crippen molar-refractivity contribution in [1.82, 2.24) is 9.38 Å². The Morgan fingerprint density at radius 3 is 2.64 bits per heavy atom. The lowest BCUT2D eigenvalue weighted by atomic mass is 10.1. The monoisotopic (exact) mass is 333 g/mol. The van der Waals surface area contributed by atoms with Crippen LogP contribution in [0.5, 0.6) is 0 Å². The molecule has 3 rings (SSSR count). The molecule has 0 bridgehead atoms. The normalized spacial score (nSPS) is 12.3. The Balaban J connectivity index is 2.16. The fraction of sp³-hybridized carbons (Fsp3) is 0.125. The highest BCUT2D eigenvalue weighted by Crippen LogP contribution is 2.29. The molecule has 1 atom stereocenters. The van der Waals surface area contributed by atoms with Crippen LogP contribution in [0.2, 0.25) is 5.02 Å². The Labute approximate surface area is 137 Å². The van der Waals surface area contributed by atoms with Gasteiger partial charge in [-0.05, 0) is 31.2 Å². The van der Waals surface area contributed by atoms with Crippen molar-refractivity contribution in [2.24, 2.45) is 0 Å². The molecule has 0 aliphatic heterocycles. The van der Waals surface area contributed by atoms with Gasteiger partial charge in [-0.2, -0.15) is 0 Å². The number of imidazole rings is 1. The quantitative estimate of drug-likeness (QED) is 0.729. The van der Waals surface area contributed by atoms with E-state index in [2.05, 4.69) is 10.3 Å². The van der Waals surface area contributed by atoms with E-state index in [0.29, 0.717) is 16.5 Å². The summed E-state index contributed by atoms with van der Waals surface area (Å²) in [5.74, 6) is 0.318. The molecule has 6 heteroatoms. The number of halogens is 2. The zero-order chi connectivity index (χ0) is 15.7. The van der Waals surface area contributed by atoms with E-state index in [4.69, 9.17) is 23.2 Å². The number of carbonyl (C=O) groups is 1. The molecule has 4 nitrogen and oxygen atoms in total. The van der Waals surface area contributed by atoms with Crippen LogP contribution < -0.4 is 5.32 Å². The smallest absolute Gasteiger partial charge is 0.243 e. The van der Waals surface area contributed by atoms with Gasteiger partial charge in [0.25, 0.3) is 0 Å². The summed E-state index contributed by atoms with van der Waals surface area (Å²) in [6, 6.07) is 12.9. The van der Waals surface area contributed by atoms with E-state index in [1.807, 2.05) is 40.9 Å². The summed E-state index contributed by atoms with van der Waals surface area (Å²) in [7, 11) is 0. The summed E-state index contributed by atoms with van der Waals surface area (Å²) >= 11 is 11.8. The van der Waals surface area contributed by atoms with Crippen molar-refractivity contribution in [3.05, 3.63) is 53.7 Å². The Kier molecular flexibility index (Phi) is 4.05. The number of rotatable bonds is 3. The van der Waals surface area contributed by atoms with Crippen molar-refractivity contribution >= 4 is 40.6 Å². The summed E-state index contributed by atoms with van der Waals surface area (Å²) < 4.78 is 1.82. The van der Waals surface area contributed by atoms with Crippen LogP contribution >= 0.6 is 23.2 Å². The van der Waals surface area contributed by atoms with Crippen molar-refractivity contribution in [1.29, 1.82) is 0 Å². The minimum Gasteiger partial charge on any atom is -0.309 e. The van der Waals surface area contributed by atoms with Gasteiger partial charge in [-0.1, -0.05) is 29.8 Å². The van der Waals surface area contributed by atoms with Gasteiger partial charge in [0.1, 0.15) is 22.5 Å². The molecule has 0 saturated heterocycles. The summed E-state index contributed by atoms with van der Waals surface area (Å²) in [5.41, 5.74) is 2.28. The highest BCUT2D eigenvalue weighted by molar-refractivity contribution is 6.32. The first-order valence-electron chi connectivity index (χ1n) is 6.74. The molecule has 0 fully saturated rings. The second-order valence-corrected chi connectivity index (χ2v) is 5.94. The van der Waals surface area contributed by atoms with Gasteiger partial charge in [-0.15, -0.1) is 11.6 Å². The molecule has 0 radical (unpaired) electrons. The first-order chi connectivity index (χ1) is 10.6. The number of pyridine rings is 1. The molecule has 22 heavy (non-hydrogen) atoms. The third-order valence-electron chi connectivity index (χ3n) is 3.25. The van der Waals surface area contributed by atoms with Crippen molar-refractivity contribution in [2.75, 3.05) is 5.32 Å². The third kappa shape index (κ3) is 2.80. The second kappa shape index (κ2) is 5.99.